The highest BCUT2D eigenvalue weighted by atomic mass is 19.1. The van der Waals surface area contributed by atoms with Crippen LogP contribution in [0.3, 0.4) is 0 Å². The van der Waals surface area contributed by atoms with E-state index in [0.29, 0.717) is 5.69 Å². The fourth-order valence-electron chi connectivity index (χ4n) is 2.74. The monoisotopic (exact) mass is 294 g/mol. The fourth-order valence-corrected chi connectivity index (χ4v) is 2.74. The summed E-state index contributed by atoms with van der Waals surface area (Å²) in [6.07, 6.45) is 2.17. The highest BCUT2D eigenvalue weighted by molar-refractivity contribution is 5.50. The van der Waals surface area contributed by atoms with E-state index in [0.717, 1.165) is 44.6 Å². The van der Waals surface area contributed by atoms with Gasteiger partial charge in [0.1, 0.15) is 5.82 Å². The summed E-state index contributed by atoms with van der Waals surface area (Å²) >= 11 is 0. The maximum atomic E-state index is 14.5. The average Bonchev–Trinajstić information content (AvgIpc) is 2.69. The van der Waals surface area contributed by atoms with Gasteiger partial charge in [-0.25, -0.2) is 4.39 Å². The Kier molecular flexibility index (Phi) is 6.00. The zero-order valence-corrected chi connectivity index (χ0v) is 13.4. The highest BCUT2D eigenvalue weighted by Crippen LogP contribution is 2.25. The molecule has 4 heteroatoms. The van der Waals surface area contributed by atoms with Crippen LogP contribution < -0.4 is 10.2 Å². The van der Waals surface area contributed by atoms with Gasteiger partial charge in [0.05, 0.1) is 11.8 Å². The summed E-state index contributed by atoms with van der Waals surface area (Å²) in [4.78, 5) is 2.10. The minimum atomic E-state index is -0.133. The Morgan fingerprint density at radius 1 is 1.48 bits per heavy atom. The highest BCUT2D eigenvalue weighted by Gasteiger charge is 2.19. The molecule has 0 aliphatic carbocycles. The molecule has 3 nitrogen and oxygen atoms in total. The Bertz CT molecular complexity index is 452. The predicted octanol–water partition coefficient (Wildman–Crippen LogP) is 3.50. The number of halogens is 1. The molecule has 0 radical (unpaired) electrons. The Labute approximate surface area is 127 Å². The van der Waals surface area contributed by atoms with Crippen LogP contribution in [-0.2, 0) is 4.74 Å². The summed E-state index contributed by atoms with van der Waals surface area (Å²) < 4.78 is 20.1. The molecule has 1 aromatic rings. The molecule has 21 heavy (non-hydrogen) atoms. The lowest BCUT2D eigenvalue weighted by molar-refractivity contribution is 0.0820. The van der Waals surface area contributed by atoms with Crippen molar-refractivity contribution < 1.29 is 9.13 Å². The summed E-state index contributed by atoms with van der Waals surface area (Å²) in [5, 5.41) is 3.39. The van der Waals surface area contributed by atoms with Crippen molar-refractivity contribution >= 4 is 5.69 Å². The van der Waals surface area contributed by atoms with Gasteiger partial charge in [0.25, 0.3) is 0 Å². The van der Waals surface area contributed by atoms with E-state index < -0.39 is 0 Å². The van der Waals surface area contributed by atoms with Crippen LogP contribution in [0.4, 0.5) is 10.1 Å². The normalized spacial score (nSPS) is 21.1. The van der Waals surface area contributed by atoms with Gasteiger partial charge in [-0.15, -0.1) is 0 Å². The lowest BCUT2D eigenvalue weighted by atomic mass is 10.1. The van der Waals surface area contributed by atoms with Gasteiger partial charge in [-0.05, 0) is 50.9 Å². The maximum absolute atomic E-state index is 14.5. The molecule has 1 fully saturated rings. The number of hydrogen-bond acceptors (Lipinski definition) is 3. The molecular formula is C17H27FN2O. The van der Waals surface area contributed by atoms with Crippen molar-refractivity contribution in [3.8, 4) is 0 Å². The molecule has 0 bridgehead atoms. The van der Waals surface area contributed by atoms with Gasteiger partial charge in [-0.2, -0.15) is 0 Å². The molecule has 2 atom stereocenters. The third-order valence-electron chi connectivity index (χ3n) is 3.97. The Hall–Kier alpha value is -1.13. The van der Waals surface area contributed by atoms with Crippen molar-refractivity contribution in [2.45, 2.75) is 45.8 Å². The SMILES string of the molecule is CCCNC(C)c1ccc(N2CCCOC(C)C2)c(F)c1. The first-order valence-corrected chi connectivity index (χ1v) is 8.01. The maximum Gasteiger partial charge on any atom is 0.146 e. The summed E-state index contributed by atoms with van der Waals surface area (Å²) in [5.74, 6) is -0.133. The molecule has 0 aromatic heterocycles. The van der Waals surface area contributed by atoms with Gasteiger partial charge in [-0.3, -0.25) is 0 Å². The van der Waals surface area contributed by atoms with Gasteiger partial charge in [0.2, 0.25) is 0 Å². The number of ether oxygens (including phenoxy) is 1. The van der Waals surface area contributed by atoms with E-state index in [-0.39, 0.29) is 18.0 Å². The summed E-state index contributed by atoms with van der Waals surface area (Å²) in [6, 6.07) is 5.79. The van der Waals surface area contributed by atoms with Crippen LogP contribution in [0.5, 0.6) is 0 Å². The minimum Gasteiger partial charge on any atom is -0.377 e. The second-order valence-corrected chi connectivity index (χ2v) is 5.87. The fraction of sp³-hybridized carbons (Fsp3) is 0.647. The van der Waals surface area contributed by atoms with Gasteiger partial charge in [0.15, 0.2) is 0 Å². The molecule has 0 amide bonds. The van der Waals surface area contributed by atoms with E-state index in [2.05, 4.69) is 24.1 Å². The van der Waals surface area contributed by atoms with Crippen LogP contribution in [-0.4, -0.2) is 32.3 Å². The smallest absolute Gasteiger partial charge is 0.146 e. The summed E-state index contributed by atoms with van der Waals surface area (Å²) in [7, 11) is 0. The van der Waals surface area contributed by atoms with Crippen molar-refractivity contribution in [2.75, 3.05) is 31.1 Å². The van der Waals surface area contributed by atoms with Crippen LogP contribution >= 0.6 is 0 Å². The van der Waals surface area contributed by atoms with Gasteiger partial charge < -0.3 is 15.0 Å². The van der Waals surface area contributed by atoms with Crippen LogP contribution in [0.25, 0.3) is 0 Å². The third-order valence-corrected chi connectivity index (χ3v) is 3.97. The standard InChI is InChI=1S/C17H27FN2O/c1-4-8-19-14(3)15-6-7-17(16(18)11-15)20-9-5-10-21-13(2)12-20/h6-7,11,13-14,19H,4-5,8-10,12H2,1-3H3. The molecule has 118 valence electrons. The van der Waals surface area contributed by atoms with Crippen molar-refractivity contribution in [1.82, 2.24) is 5.32 Å². The largest absolute Gasteiger partial charge is 0.377 e. The van der Waals surface area contributed by atoms with E-state index in [1.54, 1.807) is 6.07 Å². The van der Waals surface area contributed by atoms with Gasteiger partial charge in [-0.1, -0.05) is 13.0 Å². The van der Waals surface area contributed by atoms with Crippen LogP contribution in [0, 0.1) is 5.82 Å². The third kappa shape index (κ3) is 4.42. The zero-order chi connectivity index (χ0) is 15.2. The molecule has 1 saturated heterocycles. The number of benzene rings is 1. The van der Waals surface area contributed by atoms with Crippen LogP contribution in [0.2, 0.25) is 0 Å². The molecule has 2 rings (SSSR count). The molecule has 0 saturated carbocycles. The second kappa shape index (κ2) is 7.76. The topological polar surface area (TPSA) is 24.5 Å². The molecule has 1 aliphatic heterocycles. The first kappa shape index (κ1) is 16.2. The number of rotatable bonds is 5. The lowest BCUT2D eigenvalue weighted by Gasteiger charge is -2.25. The summed E-state index contributed by atoms with van der Waals surface area (Å²) in [5.41, 5.74) is 1.70. The first-order chi connectivity index (χ1) is 10.1. The first-order valence-electron chi connectivity index (χ1n) is 8.01. The van der Waals surface area contributed by atoms with E-state index in [9.17, 15) is 4.39 Å². The Morgan fingerprint density at radius 2 is 2.29 bits per heavy atom. The Balaban J connectivity index is 2.11. The molecule has 1 N–H and O–H groups in total. The van der Waals surface area contributed by atoms with Crippen molar-refractivity contribution in [3.05, 3.63) is 29.6 Å². The quantitative estimate of drug-likeness (QED) is 0.899. The zero-order valence-electron chi connectivity index (χ0n) is 13.4. The van der Waals surface area contributed by atoms with Crippen molar-refractivity contribution in [2.24, 2.45) is 0 Å². The average molecular weight is 294 g/mol. The molecule has 1 heterocycles. The predicted molar refractivity (Wildman–Crippen MR) is 85.4 cm³/mol. The van der Waals surface area contributed by atoms with Gasteiger partial charge >= 0.3 is 0 Å². The molecule has 1 aromatic carbocycles. The molecular weight excluding hydrogens is 267 g/mol. The number of nitrogens with zero attached hydrogens (tertiary/aromatic N) is 1. The number of hydrogen-bond donors (Lipinski definition) is 1. The van der Waals surface area contributed by atoms with E-state index in [1.807, 2.05) is 19.1 Å². The van der Waals surface area contributed by atoms with E-state index in [1.165, 1.54) is 0 Å². The molecule has 0 spiro atoms. The number of anilines is 1. The van der Waals surface area contributed by atoms with Crippen LogP contribution in [0.15, 0.2) is 18.2 Å². The molecule has 1 aliphatic rings. The van der Waals surface area contributed by atoms with E-state index in [4.69, 9.17) is 4.74 Å². The number of nitrogens with one attached hydrogen (secondary N) is 1. The second-order valence-electron chi connectivity index (χ2n) is 5.87. The van der Waals surface area contributed by atoms with Crippen molar-refractivity contribution in [3.63, 3.8) is 0 Å². The van der Waals surface area contributed by atoms with Crippen molar-refractivity contribution in [1.29, 1.82) is 0 Å². The Morgan fingerprint density at radius 3 is 3.00 bits per heavy atom. The van der Waals surface area contributed by atoms with Gasteiger partial charge in [0, 0.05) is 25.7 Å². The molecule has 2 unspecified atom stereocenters. The minimum absolute atomic E-state index is 0.133. The van der Waals surface area contributed by atoms with E-state index >= 15 is 0 Å². The summed E-state index contributed by atoms with van der Waals surface area (Å²) in [6.45, 7) is 9.56. The lowest BCUT2D eigenvalue weighted by Crippen LogP contribution is -2.31. The van der Waals surface area contributed by atoms with Crippen LogP contribution in [0.1, 0.15) is 45.2 Å².